The molecular formula is C14H16N4O3. The second-order valence-corrected chi connectivity index (χ2v) is 5.00. The lowest BCUT2D eigenvalue weighted by Crippen LogP contribution is -2.38. The standard InChI is InChI=1S/C14H16N4O3/c1-2-21-13(19)8-18(10-4-5-10)14(20)9-3-6-11-12(7-9)16-17-15-11/h3,6-7,10H,2,4-5,8H2,1H3,(H,15,16,17). The zero-order chi connectivity index (χ0) is 14.8. The van der Waals surface area contributed by atoms with E-state index in [1.165, 1.54) is 0 Å². The van der Waals surface area contributed by atoms with Gasteiger partial charge in [-0.15, -0.1) is 0 Å². The monoisotopic (exact) mass is 288 g/mol. The van der Waals surface area contributed by atoms with Crippen molar-refractivity contribution >= 4 is 22.9 Å². The summed E-state index contributed by atoms with van der Waals surface area (Å²) in [4.78, 5) is 25.8. The molecule has 7 nitrogen and oxygen atoms in total. The van der Waals surface area contributed by atoms with Gasteiger partial charge in [-0.2, -0.15) is 15.4 Å². The summed E-state index contributed by atoms with van der Waals surface area (Å²) in [6.07, 6.45) is 1.86. The second kappa shape index (κ2) is 5.51. The van der Waals surface area contributed by atoms with Crippen molar-refractivity contribution in [3.8, 4) is 0 Å². The van der Waals surface area contributed by atoms with Crippen LogP contribution in [0.5, 0.6) is 0 Å². The molecule has 1 heterocycles. The number of hydrogen-bond donors (Lipinski definition) is 1. The molecule has 0 spiro atoms. The number of nitrogens with zero attached hydrogens (tertiary/aromatic N) is 3. The first-order valence-corrected chi connectivity index (χ1v) is 6.96. The molecular weight excluding hydrogens is 272 g/mol. The summed E-state index contributed by atoms with van der Waals surface area (Å²) in [6, 6.07) is 5.26. The Morgan fingerprint density at radius 3 is 2.81 bits per heavy atom. The molecule has 0 radical (unpaired) electrons. The summed E-state index contributed by atoms with van der Waals surface area (Å²) >= 11 is 0. The van der Waals surface area contributed by atoms with E-state index >= 15 is 0 Å². The first-order valence-electron chi connectivity index (χ1n) is 6.96. The molecule has 1 aliphatic carbocycles. The minimum absolute atomic E-state index is 0.00576. The number of esters is 1. The Morgan fingerprint density at radius 2 is 2.10 bits per heavy atom. The number of aromatic amines is 1. The first-order chi connectivity index (χ1) is 10.2. The zero-order valence-corrected chi connectivity index (χ0v) is 11.7. The molecule has 0 bridgehead atoms. The van der Waals surface area contributed by atoms with E-state index in [0.717, 1.165) is 12.8 Å². The van der Waals surface area contributed by atoms with Crippen LogP contribution in [0, 0.1) is 0 Å². The van der Waals surface area contributed by atoms with Crippen LogP contribution in [0.25, 0.3) is 11.0 Å². The number of ether oxygens (including phenoxy) is 1. The Morgan fingerprint density at radius 1 is 1.33 bits per heavy atom. The molecule has 2 aromatic rings. The number of nitrogens with one attached hydrogen (secondary N) is 1. The molecule has 1 aromatic carbocycles. The molecule has 0 saturated heterocycles. The van der Waals surface area contributed by atoms with Gasteiger partial charge in [-0.3, -0.25) is 9.59 Å². The van der Waals surface area contributed by atoms with Crippen molar-refractivity contribution in [3.05, 3.63) is 23.8 Å². The molecule has 1 amide bonds. The van der Waals surface area contributed by atoms with Crippen LogP contribution in [0.4, 0.5) is 0 Å². The van der Waals surface area contributed by atoms with Gasteiger partial charge < -0.3 is 9.64 Å². The van der Waals surface area contributed by atoms with E-state index in [2.05, 4.69) is 15.4 Å². The van der Waals surface area contributed by atoms with Gasteiger partial charge >= 0.3 is 5.97 Å². The molecule has 0 atom stereocenters. The third kappa shape index (κ3) is 2.86. The highest BCUT2D eigenvalue weighted by molar-refractivity contribution is 5.98. The van der Waals surface area contributed by atoms with Crippen LogP contribution in [-0.2, 0) is 9.53 Å². The van der Waals surface area contributed by atoms with E-state index in [-0.39, 0.29) is 24.5 Å². The van der Waals surface area contributed by atoms with E-state index in [1.54, 1.807) is 30.0 Å². The van der Waals surface area contributed by atoms with Gasteiger partial charge in [0.25, 0.3) is 5.91 Å². The Bertz CT molecular complexity index is 678. The third-order valence-electron chi connectivity index (χ3n) is 3.42. The quantitative estimate of drug-likeness (QED) is 0.833. The number of carbonyl (C=O) groups excluding carboxylic acids is 2. The zero-order valence-electron chi connectivity index (χ0n) is 11.7. The summed E-state index contributed by atoms with van der Waals surface area (Å²) in [6.45, 7) is 2.06. The van der Waals surface area contributed by atoms with Crippen molar-refractivity contribution in [2.75, 3.05) is 13.2 Å². The molecule has 1 aliphatic rings. The minimum Gasteiger partial charge on any atom is -0.465 e. The maximum absolute atomic E-state index is 12.6. The highest BCUT2D eigenvalue weighted by atomic mass is 16.5. The van der Waals surface area contributed by atoms with E-state index in [0.29, 0.717) is 23.2 Å². The fourth-order valence-electron chi connectivity index (χ4n) is 2.24. The van der Waals surface area contributed by atoms with Crippen molar-refractivity contribution < 1.29 is 14.3 Å². The number of rotatable bonds is 5. The van der Waals surface area contributed by atoms with Crippen LogP contribution in [0.3, 0.4) is 0 Å². The fraction of sp³-hybridized carbons (Fsp3) is 0.429. The van der Waals surface area contributed by atoms with Crippen molar-refractivity contribution in [3.63, 3.8) is 0 Å². The van der Waals surface area contributed by atoms with Gasteiger partial charge in [0.2, 0.25) is 0 Å². The van der Waals surface area contributed by atoms with Crippen molar-refractivity contribution in [1.29, 1.82) is 0 Å². The maximum Gasteiger partial charge on any atom is 0.325 e. The molecule has 7 heteroatoms. The molecule has 1 aromatic heterocycles. The average molecular weight is 288 g/mol. The molecule has 1 N–H and O–H groups in total. The average Bonchev–Trinajstić information content (AvgIpc) is 3.21. The highest BCUT2D eigenvalue weighted by Gasteiger charge is 2.34. The number of benzene rings is 1. The Labute approximate surface area is 121 Å². The number of fused-ring (bicyclic) bond motifs is 1. The van der Waals surface area contributed by atoms with Gasteiger partial charge in [0.15, 0.2) is 0 Å². The lowest BCUT2D eigenvalue weighted by Gasteiger charge is -2.21. The van der Waals surface area contributed by atoms with Crippen molar-refractivity contribution in [2.45, 2.75) is 25.8 Å². The maximum atomic E-state index is 12.6. The van der Waals surface area contributed by atoms with Gasteiger partial charge in [-0.1, -0.05) is 0 Å². The largest absolute Gasteiger partial charge is 0.465 e. The number of H-pyrrole nitrogens is 1. The molecule has 0 unspecified atom stereocenters. The molecule has 21 heavy (non-hydrogen) atoms. The van der Waals surface area contributed by atoms with Crippen LogP contribution in [0.15, 0.2) is 18.2 Å². The van der Waals surface area contributed by atoms with Gasteiger partial charge in [-0.25, -0.2) is 0 Å². The van der Waals surface area contributed by atoms with Gasteiger partial charge in [0, 0.05) is 11.6 Å². The van der Waals surface area contributed by atoms with Crippen molar-refractivity contribution in [2.24, 2.45) is 0 Å². The molecule has 110 valence electrons. The van der Waals surface area contributed by atoms with Gasteiger partial charge in [-0.05, 0) is 38.0 Å². The molecule has 3 rings (SSSR count). The van der Waals surface area contributed by atoms with Gasteiger partial charge in [0.05, 0.1) is 6.61 Å². The van der Waals surface area contributed by atoms with E-state index in [1.807, 2.05) is 0 Å². The summed E-state index contributed by atoms with van der Waals surface area (Å²) < 4.78 is 4.93. The minimum atomic E-state index is -0.375. The summed E-state index contributed by atoms with van der Waals surface area (Å²) in [5, 5.41) is 10.4. The third-order valence-corrected chi connectivity index (χ3v) is 3.42. The van der Waals surface area contributed by atoms with Crippen LogP contribution < -0.4 is 0 Å². The van der Waals surface area contributed by atoms with E-state index in [4.69, 9.17) is 4.74 Å². The smallest absolute Gasteiger partial charge is 0.325 e. The summed E-state index contributed by atoms with van der Waals surface area (Å²) in [7, 11) is 0. The summed E-state index contributed by atoms with van der Waals surface area (Å²) in [5.41, 5.74) is 1.84. The van der Waals surface area contributed by atoms with Crippen LogP contribution in [-0.4, -0.2) is 51.4 Å². The van der Waals surface area contributed by atoms with Crippen LogP contribution in [0.2, 0.25) is 0 Å². The van der Waals surface area contributed by atoms with Crippen LogP contribution >= 0.6 is 0 Å². The molecule has 1 fully saturated rings. The van der Waals surface area contributed by atoms with Crippen molar-refractivity contribution in [1.82, 2.24) is 20.3 Å². The number of hydrogen-bond acceptors (Lipinski definition) is 5. The first kappa shape index (κ1) is 13.5. The lowest BCUT2D eigenvalue weighted by molar-refractivity contribution is -0.144. The Balaban J connectivity index is 1.81. The summed E-state index contributed by atoms with van der Waals surface area (Å²) in [5.74, 6) is -0.546. The normalized spacial score (nSPS) is 14.1. The van der Waals surface area contributed by atoms with Gasteiger partial charge in [0.1, 0.15) is 17.6 Å². The fourth-order valence-corrected chi connectivity index (χ4v) is 2.24. The van der Waals surface area contributed by atoms with Crippen LogP contribution in [0.1, 0.15) is 30.1 Å². The van der Waals surface area contributed by atoms with E-state index < -0.39 is 0 Å². The number of amides is 1. The lowest BCUT2D eigenvalue weighted by atomic mass is 10.1. The topological polar surface area (TPSA) is 88.2 Å². The number of aromatic nitrogens is 3. The highest BCUT2D eigenvalue weighted by Crippen LogP contribution is 2.28. The molecule has 0 aliphatic heterocycles. The molecule has 1 saturated carbocycles. The predicted octanol–water partition coefficient (Wildman–Crippen LogP) is 1.13. The van der Waals surface area contributed by atoms with E-state index in [9.17, 15) is 9.59 Å². The second-order valence-electron chi connectivity index (χ2n) is 5.00. The Hall–Kier alpha value is -2.44. The number of carbonyl (C=O) groups is 2. The SMILES string of the molecule is CCOC(=O)CN(C(=O)c1ccc2n[nH]nc2c1)C1CC1. The Kier molecular flexibility index (Phi) is 3.55. The predicted molar refractivity (Wildman–Crippen MR) is 74.6 cm³/mol.